The zero-order valence-electron chi connectivity index (χ0n) is 17.9. The van der Waals surface area contributed by atoms with E-state index in [4.69, 9.17) is 4.74 Å². The van der Waals surface area contributed by atoms with E-state index in [0.717, 1.165) is 16.7 Å². The SMILES string of the molecule is CCNC(=O)[C@@]1(Cc2ccccc2-c2ccncc2)CN(C(=O)c2cnccn2)CCO1. The highest BCUT2D eigenvalue weighted by molar-refractivity contribution is 5.93. The predicted molar refractivity (Wildman–Crippen MR) is 119 cm³/mol. The Morgan fingerprint density at radius 1 is 1.09 bits per heavy atom. The molecule has 2 amide bonds. The Morgan fingerprint density at radius 3 is 2.66 bits per heavy atom. The second kappa shape index (κ2) is 9.65. The Bertz CT molecular complexity index is 1080. The van der Waals surface area contributed by atoms with Gasteiger partial charge in [0.15, 0.2) is 5.60 Å². The molecule has 1 fully saturated rings. The van der Waals surface area contributed by atoms with Crippen molar-refractivity contribution in [3.05, 3.63) is 78.6 Å². The number of nitrogens with one attached hydrogen (secondary N) is 1. The van der Waals surface area contributed by atoms with Crippen LogP contribution in [0.1, 0.15) is 23.0 Å². The molecule has 1 aliphatic heterocycles. The highest BCUT2D eigenvalue weighted by Crippen LogP contribution is 2.30. The number of carbonyl (C=O) groups excluding carboxylic acids is 2. The van der Waals surface area contributed by atoms with Crippen LogP contribution in [-0.2, 0) is 16.0 Å². The third-order valence-electron chi connectivity index (χ3n) is 5.49. The van der Waals surface area contributed by atoms with Crippen LogP contribution in [0.5, 0.6) is 0 Å². The van der Waals surface area contributed by atoms with Gasteiger partial charge in [-0.15, -0.1) is 0 Å². The first-order chi connectivity index (χ1) is 15.6. The maximum atomic E-state index is 13.3. The Morgan fingerprint density at radius 2 is 1.91 bits per heavy atom. The molecule has 8 heteroatoms. The molecule has 0 bridgehead atoms. The number of benzene rings is 1. The van der Waals surface area contributed by atoms with Crippen LogP contribution in [0.25, 0.3) is 11.1 Å². The van der Waals surface area contributed by atoms with Crippen molar-refractivity contribution in [3.8, 4) is 11.1 Å². The smallest absolute Gasteiger partial charge is 0.274 e. The fourth-order valence-electron chi connectivity index (χ4n) is 3.97. The van der Waals surface area contributed by atoms with Crippen molar-refractivity contribution >= 4 is 11.8 Å². The molecule has 1 N–H and O–H groups in total. The molecule has 0 radical (unpaired) electrons. The molecule has 2 aromatic heterocycles. The molecule has 32 heavy (non-hydrogen) atoms. The number of likely N-dealkylation sites (N-methyl/N-ethyl adjacent to an activating group) is 1. The van der Waals surface area contributed by atoms with E-state index in [0.29, 0.717) is 19.5 Å². The Kier molecular flexibility index (Phi) is 6.51. The molecule has 0 unspecified atom stereocenters. The average molecular weight is 431 g/mol. The summed E-state index contributed by atoms with van der Waals surface area (Å²) >= 11 is 0. The van der Waals surface area contributed by atoms with E-state index in [1.54, 1.807) is 17.3 Å². The van der Waals surface area contributed by atoms with Gasteiger partial charge in [0.2, 0.25) is 0 Å². The second-order valence-electron chi connectivity index (χ2n) is 7.59. The van der Waals surface area contributed by atoms with Gasteiger partial charge < -0.3 is 15.0 Å². The summed E-state index contributed by atoms with van der Waals surface area (Å²) in [7, 11) is 0. The van der Waals surface area contributed by atoms with Crippen LogP contribution in [0.4, 0.5) is 0 Å². The van der Waals surface area contributed by atoms with Crippen LogP contribution in [0.2, 0.25) is 0 Å². The van der Waals surface area contributed by atoms with Gasteiger partial charge in [0.05, 0.1) is 19.3 Å². The lowest BCUT2D eigenvalue weighted by Crippen LogP contribution is -2.62. The van der Waals surface area contributed by atoms with E-state index in [1.807, 2.05) is 43.3 Å². The molecule has 8 nitrogen and oxygen atoms in total. The largest absolute Gasteiger partial charge is 0.361 e. The molecule has 0 aliphatic carbocycles. The minimum Gasteiger partial charge on any atom is -0.361 e. The summed E-state index contributed by atoms with van der Waals surface area (Å²) < 4.78 is 6.14. The van der Waals surface area contributed by atoms with Gasteiger partial charge in [0.1, 0.15) is 5.69 Å². The minimum absolute atomic E-state index is 0.124. The van der Waals surface area contributed by atoms with Crippen molar-refractivity contribution in [2.24, 2.45) is 0 Å². The van der Waals surface area contributed by atoms with Crippen molar-refractivity contribution in [2.75, 3.05) is 26.2 Å². The van der Waals surface area contributed by atoms with Gasteiger partial charge in [-0.05, 0) is 35.7 Å². The molecular formula is C24H25N5O3. The van der Waals surface area contributed by atoms with Crippen molar-refractivity contribution in [1.82, 2.24) is 25.2 Å². The zero-order valence-corrected chi connectivity index (χ0v) is 17.9. The molecular weight excluding hydrogens is 406 g/mol. The second-order valence-corrected chi connectivity index (χ2v) is 7.59. The number of ether oxygens (including phenoxy) is 1. The number of pyridine rings is 1. The summed E-state index contributed by atoms with van der Waals surface area (Å²) in [5.74, 6) is -0.501. The van der Waals surface area contributed by atoms with Crippen molar-refractivity contribution in [1.29, 1.82) is 0 Å². The van der Waals surface area contributed by atoms with Crippen LogP contribution in [-0.4, -0.2) is 63.5 Å². The zero-order chi connectivity index (χ0) is 22.4. The minimum atomic E-state index is -1.21. The molecule has 1 aromatic carbocycles. The van der Waals surface area contributed by atoms with Gasteiger partial charge in [-0.3, -0.25) is 19.6 Å². The monoisotopic (exact) mass is 431 g/mol. The first kappa shape index (κ1) is 21.6. The van der Waals surface area contributed by atoms with Crippen LogP contribution >= 0.6 is 0 Å². The van der Waals surface area contributed by atoms with Gasteiger partial charge in [-0.25, -0.2) is 4.98 Å². The lowest BCUT2D eigenvalue weighted by Gasteiger charge is -2.41. The number of nitrogens with zero attached hydrogens (tertiary/aromatic N) is 4. The van der Waals surface area contributed by atoms with Crippen LogP contribution in [0, 0.1) is 0 Å². The quantitative estimate of drug-likeness (QED) is 0.642. The van der Waals surface area contributed by atoms with Crippen LogP contribution < -0.4 is 5.32 Å². The predicted octanol–water partition coefficient (Wildman–Crippen LogP) is 2.13. The van der Waals surface area contributed by atoms with Gasteiger partial charge >= 0.3 is 0 Å². The summed E-state index contributed by atoms with van der Waals surface area (Å²) in [5, 5.41) is 2.89. The number of aromatic nitrogens is 3. The summed E-state index contributed by atoms with van der Waals surface area (Å²) in [6, 6.07) is 11.8. The van der Waals surface area contributed by atoms with E-state index in [2.05, 4.69) is 20.3 Å². The van der Waals surface area contributed by atoms with Gasteiger partial charge in [0, 0.05) is 44.3 Å². The van der Waals surface area contributed by atoms with E-state index in [9.17, 15) is 9.59 Å². The number of amides is 2. The fourth-order valence-corrected chi connectivity index (χ4v) is 3.97. The normalized spacial score (nSPS) is 18.2. The molecule has 3 heterocycles. The topological polar surface area (TPSA) is 97.3 Å². The fraction of sp³-hybridized carbons (Fsp3) is 0.292. The number of hydrogen-bond donors (Lipinski definition) is 1. The van der Waals surface area contributed by atoms with Crippen molar-refractivity contribution in [3.63, 3.8) is 0 Å². The van der Waals surface area contributed by atoms with E-state index in [-0.39, 0.29) is 30.7 Å². The molecule has 164 valence electrons. The van der Waals surface area contributed by atoms with Crippen LogP contribution in [0.3, 0.4) is 0 Å². The standard InChI is InChI=1S/C24H25N5O3/c1-2-27-23(31)24(15-19-5-3-4-6-20(19)18-7-9-25-10-8-18)17-29(13-14-32-24)22(30)21-16-26-11-12-28-21/h3-12,16H,2,13-15,17H2,1H3,(H,27,31)/t24-/m1/s1. The first-order valence-electron chi connectivity index (χ1n) is 10.6. The molecule has 4 rings (SSSR count). The Labute approximate surface area is 186 Å². The lowest BCUT2D eigenvalue weighted by atomic mass is 9.87. The molecule has 1 atom stereocenters. The van der Waals surface area contributed by atoms with Gasteiger partial charge in [-0.2, -0.15) is 0 Å². The molecule has 3 aromatic rings. The average Bonchev–Trinajstić information content (AvgIpc) is 2.85. The lowest BCUT2D eigenvalue weighted by molar-refractivity contribution is -0.157. The van der Waals surface area contributed by atoms with Gasteiger partial charge in [0.25, 0.3) is 11.8 Å². The Hall–Kier alpha value is -3.65. The number of carbonyl (C=O) groups is 2. The number of morpholine rings is 1. The van der Waals surface area contributed by atoms with E-state index in [1.165, 1.54) is 18.6 Å². The van der Waals surface area contributed by atoms with Crippen molar-refractivity contribution < 1.29 is 14.3 Å². The summed E-state index contributed by atoms with van der Waals surface area (Å²) in [5.41, 5.74) is 1.99. The number of rotatable bonds is 6. The number of hydrogen-bond acceptors (Lipinski definition) is 6. The Balaban J connectivity index is 1.68. The highest BCUT2D eigenvalue weighted by atomic mass is 16.5. The van der Waals surface area contributed by atoms with Crippen LogP contribution in [0.15, 0.2) is 67.4 Å². The highest BCUT2D eigenvalue weighted by Gasteiger charge is 2.45. The first-order valence-corrected chi connectivity index (χ1v) is 10.6. The maximum absolute atomic E-state index is 13.3. The van der Waals surface area contributed by atoms with Gasteiger partial charge in [-0.1, -0.05) is 24.3 Å². The van der Waals surface area contributed by atoms with E-state index >= 15 is 0 Å². The summed E-state index contributed by atoms with van der Waals surface area (Å²) in [6.07, 6.45) is 8.24. The molecule has 0 saturated carbocycles. The molecule has 1 aliphatic rings. The summed E-state index contributed by atoms with van der Waals surface area (Å²) in [4.78, 5) is 40.1. The third-order valence-corrected chi connectivity index (χ3v) is 5.49. The molecule has 1 saturated heterocycles. The summed E-state index contributed by atoms with van der Waals surface area (Å²) in [6.45, 7) is 3.08. The maximum Gasteiger partial charge on any atom is 0.274 e. The van der Waals surface area contributed by atoms with Crippen molar-refractivity contribution in [2.45, 2.75) is 18.9 Å². The third kappa shape index (κ3) is 4.50. The molecule has 0 spiro atoms. The van der Waals surface area contributed by atoms with E-state index < -0.39 is 5.60 Å².